The maximum atomic E-state index is 13.1. The molecule has 0 saturated heterocycles. The van der Waals surface area contributed by atoms with Crippen LogP contribution in [0.1, 0.15) is 20.9 Å². The van der Waals surface area contributed by atoms with Crippen LogP contribution in [0.15, 0.2) is 18.2 Å². The van der Waals surface area contributed by atoms with Crippen molar-refractivity contribution < 1.29 is 14.3 Å². The standard InChI is InChI=1S/C12H11FN2O2S/c1-6-3-4-8(13)5-9(6)14-12-15-10(11(16)17)7(2)18-12/h3-5H,1-2H3,(H,14,15)(H,16,17). The van der Waals surface area contributed by atoms with Gasteiger partial charge in [0, 0.05) is 10.6 Å². The highest BCUT2D eigenvalue weighted by Crippen LogP contribution is 2.27. The zero-order chi connectivity index (χ0) is 13.3. The minimum atomic E-state index is -1.06. The highest BCUT2D eigenvalue weighted by molar-refractivity contribution is 7.15. The number of nitrogens with zero attached hydrogens (tertiary/aromatic N) is 1. The average Bonchev–Trinajstić information content (AvgIpc) is 2.65. The highest BCUT2D eigenvalue weighted by atomic mass is 32.1. The van der Waals surface area contributed by atoms with Gasteiger partial charge in [-0.2, -0.15) is 0 Å². The van der Waals surface area contributed by atoms with E-state index >= 15 is 0 Å². The summed E-state index contributed by atoms with van der Waals surface area (Å²) in [5.74, 6) is -1.41. The van der Waals surface area contributed by atoms with Crippen LogP contribution in [0.3, 0.4) is 0 Å². The normalized spacial score (nSPS) is 10.4. The quantitative estimate of drug-likeness (QED) is 0.894. The molecule has 0 atom stereocenters. The Labute approximate surface area is 107 Å². The number of aryl methyl sites for hydroxylation is 2. The van der Waals surface area contributed by atoms with Gasteiger partial charge in [0.1, 0.15) is 5.82 Å². The molecule has 1 aromatic carbocycles. The summed E-state index contributed by atoms with van der Waals surface area (Å²) in [6, 6.07) is 4.37. The zero-order valence-corrected chi connectivity index (χ0v) is 10.6. The second-order valence-corrected chi connectivity index (χ2v) is 5.02. The Bertz CT molecular complexity index is 610. The molecule has 0 saturated carbocycles. The van der Waals surface area contributed by atoms with Gasteiger partial charge in [-0.3, -0.25) is 0 Å². The van der Waals surface area contributed by atoms with Crippen molar-refractivity contribution in [1.29, 1.82) is 0 Å². The van der Waals surface area contributed by atoms with Gasteiger partial charge in [0.2, 0.25) is 0 Å². The van der Waals surface area contributed by atoms with Crippen molar-refractivity contribution in [3.05, 3.63) is 40.2 Å². The second-order valence-electron chi connectivity index (χ2n) is 3.81. The van der Waals surface area contributed by atoms with Crippen LogP contribution in [-0.4, -0.2) is 16.1 Å². The van der Waals surface area contributed by atoms with E-state index in [0.29, 0.717) is 15.7 Å². The lowest BCUT2D eigenvalue weighted by Gasteiger charge is -2.06. The number of hydrogen-bond donors (Lipinski definition) is 2. The molecule has 0 fully saturated rings. The summed E-state index contributed by atoms with van der Waals surface area (Å²) in [5.41, 5.74) is 1.47. The molecule has 18 heavy (non-hydrogen) atoms. The van der Waals surface area contributed by atoms with Crippen LogP contribution in [0.5, 0.6) is 0 Å². The topological polar surface area (TPSA) is 62.2 Å². The molecule has 6 heteroatoms. The first kappa shape index (κ1) is 12.5. The number of benzene rings is 1. The number of carbonyl (C=O) groups is 1. The summed E-state index contributed by atoms with van der Waals surface area (Å²) in [6.45, 7) is 3.52. The maximum Gasteiger partial charge on any atom is 0.355 e. The molecule has 0 radical (unpaired) electrons. The smallest absolute Gasteiger partial charge is 0.355 e. The summed E-state index contributed by atoms with van der Waals surface area (Å²) < 4.78 is 13.1. The first-order valence-corrected chi connectivity index (χ1v) is 6.03. The van der Waals surface area contributed by atoms with Gasteiger partial charge in [-0.15, -0.1) is 11.3 Å². The third-order valence-electron chi connectivity index (χ3n) is 2.44. The zero-order valence-electron chi connectivity index (χ0n) is 9.82. The van der Waals surface area contributed by atoms with Crippen molar-refractivity contribution in [2.24, 2.45) is 0 Å². The minimum Gasteiger partial charge on any atom is -0.476 e. The lowest BCUT2D eigenvalue weighted by Crippen LogP contribution is -1.99. The first-order chi connectivity index (χ1) is 8.47. The SMILES string of the molecule is Cc1ccc(F)cc1Nc1nc(C(=O)O)c(C)s1. The number of hydrogen-bond acceptors (Lipinski definition) is 4. The van der Waals surface area contributed by atoms with Gasteiger partial charge in [-0.05, 0) is 31.5 Å². The molecule has 0 bridgehead atoms. The Morgan fingerprint density at radius 3 is 2.78 bits per heavy atom. The molecule has 1 aromatic heterocycles. The Kier molecular flexibility index (Phi) is 3.29. The van der Waals surface area contributed by atoms with Crippen molar-refractivity contribution >= 4 is 28.1 Å². The van der Waals surface area contributed by atoms with Crippen molar-refractivity contribution in [3.63, 3.8) is 0 Å². The number of carboxylic acids is 1. The minimum absolute atomic E-state index is 0.0246. The van der Waals surface area contributed by atoms with E-state index < -0.39 is 5.97 Å². The maximum absolute atomic E-state index is 13.1. The fraction of sp³-hybridized carbons (Fsp3) is 0.167. The fourth-order valence-corrected chi connectivity index (χ4v) is 2.31. The predicted octanol–water partition coefficient (Wildman–Crippen LogP) is 3.34. The fourth-order valence-electron chi connectivity index (χ4n) is 1.49. The third-order valence-corrected chi connectivity index (χ3v) is 3.33. The summed E-state index contributed by atoms with van der Waals surface area (Å²) in [7, 11) is 0. The highest BCUT2D eigenvalue weighted by Gasteiger charge is 2.14. The number of thiazole rings is 1. The molecule has 0 aliphatic rings. The van der Waals surface area contributed by atoms with Crippen molar-refractivity contribution in [3.8, 4) is 0 Å². The molecule has 0 aliphatic carbocycles. The van der Waals surface area contributed by atoms with Gasteiger partial charge in [-0.1, -0.05) is 6.07 Å². The van der Waals surface area contributed by atoms with Crippen LogP contribution < -0.4 is 5.32 Å². The number of aromatic nitrogens is 1. The van der Waals surface area contributed by atoms with Crippen molar-refractivity contribution in [1.82, 2.24) is 4.98 Å². The lowest BCUT2D eigenvalue weighted by atomic mass is 10.2. The van der Waals surface area contributed by atoms with Crippen LogP contribution >= 0.6 is 11.3 Å². The Balaban J connectivity index is 2.31. The molecule has 2 aromatic rings. The van der Waals surface area contributed by atoms with Gasteiger partial charge in [0.15, 0.2) is 10.8 Å². The van der Waals surface area contributed by atoms with E-state index in [0.717, 1.165) is 5.56 Å². The molecule has 94 valence electrons. The third kappa shape index (κ3) is 2.48. The van der Waals surface area contributed by atoms with E-state index in [1.54, 1.807) is 13.0 Å². The largest absolute Gasteiger partial charge is 0.476 e. The van der Waals surface area contributed by atoms with E-state index in [2.05, 4.69) is 10.3 Å². The number of nitrogens with one attached hydrogen (secondary N) is 1. The average molecular weight is 266 g/mol. The molecule has 0 spiro atoms. The summed E-state index contributed by atoms with van der Waals surface area (Å²) in [4.78, 5) is 15.4. The molecule has 0 unspecified atom stereocenters. The monoisotopic (exact) mass is 266 g/mol. The van der Waals surface area contributed by atoms with Gasteiger partial charge in [-0.25, -0.2) is 14.2 Å². The van der Waals surface area contributed by atoms with Crippen LogP contribution in [0.2, 0.25) is 0 Å². The van der Waals surface area contributed by atoms with Crippen LogP contribution in [0, 0.1) is 19.7 Å². The van der Waals surface area contributed by atoms with Gasteiger partial charge < -0.3 is 10.4 Å². The van der Waals surface area contributed by atoms with Crippen molar-refractivity contribution in [2.75, 3.05) is 5.32 Å². The Morgan fingerprint density at radius 2 is 2.17 bits per heavy atom. The molecule has 1 heterocycles. The van der Waals surface area contributed by atoms with Crippen LogP contribution in [-0.2, 0) is 0 Å². The van der Waals surface area contributed by atoms with Crippen molar-refractivity contribution in [2.45, 2.75) is 13.8 Å². The molecular formula is C12H11FN2O2S. The second kappa shape index (κ2) is 4.73. The number of anilines is 2. The van der Waals surface area contributed by atoms with Gasteiger partial charge in [0.05, 0.1) is 0 Å². The van der Waals surface area contributed by atoms with E-state index in [9.17, 15) is 9.18 Å². The molecule has 0 amide bonds. The Hall–Kier alpha value is -1.95. The van der Waals surface area contributed by atoms with E-state index in [1.807, 2.05) is 6.92 Å². The molecule has 4 nitrogen and oxygen atoms in total. The lowest BCUT2D eigenvalue weighted by molar-refractivity contribution is 0.0690. The molecule has 2 rings (SSSR count). The number of aromatic carboxylic acids is 1. The summed E-state index contributed by atoms with van der Waals surface area (Å²) in [6.07, 6.45) is 0. The number of rotatable bonds is 3. The molecular weight excluding hydrogens is 255 g/mol. The molecule has 2 N–H and O–H groups in total. The predicted molar refractivity (Wildman–Crippen MR) is 68.2 cm³/mol. The van der Waals surface area contributed by atoms with Gasteiger partial charge in [0.25, 0.3) is 0 Å². The van der Waals surface area contributed by atoms with E-state index in [4.69, 9.17) is 5.11 Å². The van der Waals surface area contributed by atoms with Crippen LogP contribution in [0.4, 0.5) is 15.2 Å². The first-order valence-electron chi connectivity index (χ1n) is 5.21. The van der Waals surface area contributed by atoms with E-state index in [-0.39, 0.29) is 11.5 Å². The number of halogens is 1. The molecule has 0 aliphatic heterocycles. The number of carboxylic acid groups (broad SMARTS) is 1. The Morgan fingerprint density at radius 1 is 1.44 bits per heavy atom. The summed E-state index contributed by atoms with van der Waals surface area (Å²) >= 11 is 1.23. The van der Waals surface area contributed by atoms with E-state index in [1.165, 1.54) is 23.5 Å². The summed E-state index contributed by atoms with van der Waals surface area (Å²) in [5, 5.41) is 12.3. The van der Waals surface area contributed by atoms with Crippen LogP contribution in [0.25, 0.3) is 0 Å². The van der Waals surface area contributed by atoms with Gasteiger partial charge >= 0.3 is 5.97 Å².